The molecule has 2 unspecified atom stereocenters. The van der Waals surface area contributed by atoms with Gasteiger partial charge in [0.15, 0.2) is 6.10 Å². The third kappa shape index (κ3) is 3.45. The number of aromatic nitrogens is 1. The minimum absolute atomic E-state index is 0.451. The van der Waals surface area contributed by atoms with Gasteiger partial charge in [0.2, 0.25) is 0 Å². The molecule has 1 aromatic carbocycles. The van der Waals surface area contributed by atoms with Crippen molar-refractivity contribution < 1.29 is 14.6 Å². The van der Waals surface area contributed by atoms with Gasteiger partial charge in [-0.3, -0.25) is 4.79 Å². The Morgan fingerprint density at radius 3 is 2.91 bits per heavy atom. The number of carbonyl (C=O) groups is 1. The van der Waals surface area contributed by atoms with Crippen LogP contribution in [0.25, 0.3) is 0 Å². The topological polar surface area (TPSA) is 71.5 Å². The minimum atomic E-state index is -1.25. The van der Waals surface area contributed by atoms with Gasteiger partial charge in [0.05, 0.1) is 12.6 Å². The molecule has 2 N–H and O–H groups in total. The summed E-state index contributed by atoms with van der Waals surface area (Å²) in [6.45, 7) is 3.88. The Hall–Kier alpha value is -1.92. The predicted molar refractivity (Wildman–Crippen MR) is 85.9 cm³/mol. The zero-order valence-corrected chi connectivity index (χ0v) is 13.7. The number of hydrogen-bond acceptors (Lipinski definition) is 5. The summed E-state index contributed by atoms with van der Waals surface area (Å²) in [5, 5.41) is 15.9. The molecule has 1 heterocycles. The molecule has 0 saturated heterocycles. The lowest BCUT2D eigenvalue weighted by Gasteiger charge is -2.28. The van der Waals surface area contributed by atoms with Gasteiger partial charge in [0, 0.05) is 11.6 Å². The third-order valence-electron chi connectivity index (χ3n) is 3.67. The number of benzene rings is 1. The Morgan fingerprint density at radius 2 is 2.32 bits per heavy atom. The molecule has 0 bridgehead atoms. The molecule has 0 aliphatic rings. The number of thiazole rings is 1. The average Bonchev–Trinajstić information content (AvgIpc) is 3.09. The van der Waals surface area contributed by atoms with Gasteiger partial charge in [-0.05, 0) is 31.0 Å². The van der Waals surface area contributed by atoms with Crippen molar-refractivity contribution in [2.24, 2.45) is 0 Å². The molecular weight excluding hydrogens is 300 g/mol. The molecule has 6 heteroatoms. The highest BCUT2D eigenvalue weighted by molar-refractivity contribution is 7.09. The van der Waals surface area contributed by atoms with Crippen molar-refractivity contribution >= 4 is 17.2 Å². The van der Waals surface area contributed by atoms with E-state index < -0.39 is 17.6 Å². The summed E-state index contributed by atoms with van der Waals surface area (Å²) in [5.41, 5.74) is -0.0973. The lowest BCUT2D eigenvalue weighted by Crippen LogP contribution is -2.45. The summed E-state index contributed by atoms with van der Waals surface area (Å²) in [4.78, 5) is 16.7. The third-order valence-corrected chi connectivity index (χ3v) is 4.71. The maximum absolute atomic E-state index is 12.4. The summed E-state index contributed by atoms with van der Waals surface area (Å²) in [5.74, 6) is 0.148. The van der Waals surface area contributed by atoms with Crippen LogP contribution in [-0.4, -0.2) is 23.1 Å². The summed E-state index contributed by atoms with van der Waals surface area (Å²) >= 11 is 1.48. The van der Waals surface area contributed by atoms with Crippen molar-refractivity contribution in [3.63, 3.8) is 0 Å². The van der Waals surface area contributed by atoms with Crippen LogP contribution in [0.3, 0.4) is 0 Å². The van der Waals surface area contributed by atoms with E-state index in [0.29, 0.717) is 17.7 Å². The van der Waals surface area contributed by atoms with Gasteiger partial charge in [-0.2, -0.15) is 0 Å². The Kier molecular flexibility index (Phi) is 5.15. The van der Waals surface area contributed by atoms with Crippen molar-refractivity contribution in [1.82, 2.24) is 10.3 Å². The molecule has 22 heavy (non-hydrogen) atoms. The van der Waals surface area contributed by atoms with Gasteiger partial charge < -0.3 is 15.2 Å². The molecule has 2 rings (SSSR count). The molecule has 1 aromatic heterocycles. The fourth-order valence-corrected chi connectivity index (χ4v) is 2.92. The first-order valence-corrected chi connectivity index (χ1v) is 7.92. The van der Waals surface area contributed by atoms with Gasteiger partial charge >= 0.3 is 0 Å². The second-order valence-electron chi connectivity index (χ2n) is 5.19. The largest absolute Gasteiger partial charge is 0.497 e. The van der Waals surface area contributed by atoms with Crippen molar-refractivity contribution in [2.45, 2.75) is 31.9 Å². The second-order valence-corrected chi connectivity index (χ2v) is 6.09. The van der Waals surface area contributed by atoms with E-state index in [1.807, 2.05) is 19.2 Å². The maximum atomic E-state index is 12.4. The van der Waals surface area contributed by atoms with Gasteiger partial charge in [-0.1, -0.05) is 19.1 Å². The summed E-state index contributed by atoms with van der Waals surface area (Å²) < 4.78 is 5.11. The molecule has 0 aliphatic heterocycles. The molecule has 0 fully saturated rings. The van der Waals surface area contributed by atoms with Crippen molar-refractivity contribution in [1.29, 1.82) is 0 Å². The Bertz CT molecular complexity index is 630. The van der Waals surface area contributed by atoms with E-state index >= 15 is 0 Å². The van der Waals surface area contributed by atoms with Gasteiger partial charge in [0.1, 0.15) is 10.8 Å². The molecule has 0 aliphatic carbocycles. The van der Waals surface area contributed by atoms with E-state index in [1.165, 1.54) is 11.3 Å². The summed E-state index contributed by atoms with van der Waals surface area (Å²) in [6.07, 6.45) is 1.14. The van der Waals surface area contributed by atoms with Crippen LogP contribution in [0.2, 0.25) is 0 Å². The molecule has 5 nitrogen and oxygen atoms in total. The predicted octanol–water partition coefficient (Wildman–Crippen LogP) is 2.63. The van der Waals surface area contributed by atoms with Gasteiger partial charge in [0.25, 0.3) is 5.91 Å². The number of methoxy groups -OCH3 is 1. The Morgan fingerprint density at radius 1 is 1.55 bits per heavy atom. The fraction of sp³-hybridized carbons (Fsp3) is 0.375. The molecule has 0 radical (unpaired) electrons. The first kappa shape index (κ1) is 16.5. The number of hydrogen-bond donors (Lipinski definition) is 2. The van der Waals surface area contributed by atoms with Crippen LogP contribution in [0.1, 0.15) is 36.9 Å². The molecule has 2 aromatic rings. The molecule has 0 saturated carbocycles. The quantitative estimate of drug-likeness (QED) is 0.858. The van der Waals surface area contributed by atoms with E-state index in [2.05, 4.69) is 10.3 Å². The molecule has 118 valence electrons. The highest BCUT2D eigenvalue weighted by Crippen LogP contribution is 2.28. The van der Waals surface area contributed by atoms with Crippen LogP contribution in [0, 0.1) is 0 Å². The zero-order chi connectivity index (χ0) is 16.2. The molecule has 0 spiro atoms. The smallest absolute Gasteiger partial charge is 0.254 e. The van der Waals surface area contributed by atoms with Crippen molar-refractivity contribution in [2.75, 3.05) is 7.11 Å². The van der Waals surface area contributed by atoms with Crippen LogP contribution >= 0.6 is 11.3 Å². The number of nitrogens with zero attached hydrogens (tertiary/aromatic N) is 1. The van der Waals surface area contributed by atoms with E-state index in [1.54, 1.807) is 37.6 Å². The van der Waals surface area contributed by atoms with E-state index in [-0.39, 0.29) is 0 Å². The highest BCUT2D eigenvalue weighted by atomic mass is 32.1. The van der Waals surface area contributed by atoms with Crippen LogP contribution in [0.5, 0.6) is 5.75 Å². The van der Waals surface area contributed by atoms with E-state index in [9.17, 15) is 9.90 Å². The van der Waals surface area contributed by atoms with E-state index in [4.69, 9.17) is 4.74 Å². The number of nitrogens with one attached hydrogen (secondary N) is 1. The van der Waals surface area contributed by atoms with Crippen molar-refractivity contribution in [3.05, 3.63) is 46.4 Å². The standard InChI is InChI=1S/C16H20N2O3S/c1-4-16(2,15-17-8-9-22-15)18-14(20)13(19)11-6-5-7-12(10-11)21-3/h5-10,13,19H,4H2,1-3H3,(H,18,20). The Balaban J connectivity index is 2.16. The van der Waals surface area contributed by atoms with Crippen molar-refractivity contribution in [3.8, 4) is 5.75 Å². The number of carbonyl (C=O) groups excluding carboxylic acids is 1. The monoisotopic (exact) mass is 320 g/mol. The van der Waals surface area contributed by atoms with Crippen LogP contribution in [0.4, 0.5) is 0 Å². The molecule has 2 atom stereocenters. The first-order valence-electron chi connectivity index (χ1n) is 7.04. The zero-order valence-electron chi connectivity index (χ0n) is 12.9. The second kappa shape index (κ2) is 6.89. The lowest BCUT2D eigenvalue weighted by molar-refractivity contribution is -0.131. The SMILES string of the molecule is CCC(C)(NC(=O)C(O)c1cccc(OC)c1)c1nccs1. The summed E-state index contributed by atoms with van der Waals surface area (Å²) in [6, 6.07) is 6.85. The number of amides is 1. The molecular formula is C16H20N2O3S. The van der Waals surface area contributed by atoms with Crippen LogP contribution < -0.4 is 10.1 Å². The number of aliphatic hydroxyl groups excluding tert-OH is 1. The first-order chi connectivity index (χ1) is 10.5. The van der Waals surface area contributed by atoms with Gasteiger partial charge in [-0.15, -0.1) is 11.3 Å². The number of aliphatic hydroxyl groups is 1. The van der Waals surface area contributed by atoms with Crippen LogP contribution in [0.15, 0.2) is 35.8 Å². The average molecular weight is 320 g/mol. The maximum Gasteiger partial charge on any atom is 0.254 e. The minimum Gasteiger partial charge on any atom is -0.497 e. The van der Waals surface area contributed by atoms with Crippen LogP contribution in [-0.2, 0) is 10.3 Å². The fourth-order valence-electron chi connectivity index (χ4n) is 2.09. The highest BCUT2D eigenvalue weighted by Gasteiger charge is 2.31. The number of ether oxygens (including phenoxy) is 1. The number of rotatable bonds is 6. The van der Waals surface area contributed by atoms with Gasteiger partial charge in [-0.25, -0.2) is 4.98 Å². The molecule has 1 amide bonds. The lowest BCUT2D eigenvalue weighted by atomic mass is 9.98. The summed E-state index contributed by atoms with van der Waals surface area (Å²) in [7, 11) is 1.54. The van der Waals surface area contributed by atoms with E-state index in [0.717, 1.165) is 5.01 Å². The normalized spacial score (nSPS) is 14.9. The Labute approximate surface area is 134 Å².